The molecule has 0 amide bonds. The fourth-order valence-corrected chi connectivity index (χ4v) is 3.84. The van der Waals surface area contributed by atoms with Gasteiger partial charge in [0.25, 0.3) is 5.56 Å². The molecule has 2 aromatic rings. The third kappa shape index (κ3) is 2.84. The van der Waals surface area contributed by atoms with Crippen LogP contribution in [0, 0.1) is 17.1 Å². The molecule has 0 radical (unpaired) electrons. The molecule has 1 aliphatic rings. The van der Waals surface area contributed by atoms with Gasteiger partial charge in [0.05, 0.1) is 10.7 Å². The molecule has 0 atom stereocenters. The van der Waals surface area contributed by atoms with Gasteiger partial charge in [-0.2, -0.15) is 5.26 Å². The van der Waals surface area contributed by atoms with Crippen molar-refractivity contribution in [3.8, 4) is 17.2 Å². The minimum atomic E-state index is -0.422. The number of fused-ring (bicyclic) bond motifs is 1. The summed E-state index contributed by atoms with van der Waals surface area (Å²) >= 11 is 1.58. The number of hydrogen-bond acceptors (Lipinski definition) is 4. The Hall–Kier alpha value is -2.13. The van der Waals surface area contributed by atoms with Crippen molar-refractivity contribution in [2.24, 2.45) is 0 Å². The first-order chi connectivity index (χ1) is 11.3. The second-order valence-corrected chi connectivity index (χ2v) is 7.96. The van der Waals surface area contributed by atoms with Gasteiger partial charge in [0.1, 0.15) is 17.4 Å². The lowest BCUT2D eigenvalue weighted by atomic mass is 9.90. The zero-order valence-corrected chi connectivity index (χ0v) is 14.7. The Labute approximate surface area is 144 Å². The van der Waals surface area contributed by atoms with E-state index < -0.39 is 11.2 Å². The Morgan fingerprint density at radius 2 is 2.12 bits per heavy atom. The summed E-state index contributed by atoms with van der Waals surface area (Å²) in [4.78, 5) is 16.8. The standard InChI is InChI=1S/C18H18FN3OS/c1-18(2,3)16-14(19)7-11(10-21-16)12-8-15-22(5-4-6-24-15)17(23)13(12)9-20/h7-8,10H,4-6H2,1-3H3. The first-order valence-corrected chi connectivity index (χ1v) is 8.78. The van der Waals surface area contributed by atoms with Crippen LogP contribution in [0.15, 0.2) is 28.2 Å². The van der Waals surface area contributed by atoms with E-state index in [-0.39, 0.29) is 11.1 Å². The molecule has 124 valence electrons. The molecule has 0 fully saturated rings. The number of aromatic nitrogens is 2. The van der Waals surface area contributed by atoms with E-state index in [1.54, 1.807) is 28.6 Å². The lowest BCUT2D eigenvalue weighted by molar-refractivity contribution is 0.503. The topological polar surface area (TPSA) is 58.7 Å². The van der Waals surface area contributed by atoms with Gasteiger partial charge >= 0.3 is 0 Å². The number of nitriles is 1. The second-order valence-electron chi connectivity index (χ2n) is 6.85. The minimum Gasteiger partial charge on any atom is -0.302 e. The molecule has 0 aromatic carbocycles. The normalized spacial score (nSPS) is 14.1. The highest BCUT2D eigenvalue weighted by Gasteiger charge is 2.23. The van der Waals surface area contributed by atoms with Gasteiger partial charge in [-0.15, -0.1) is 11.8 Å². The van der Waals surface area contributed by atoms with Crippen LogP contribution in [0.4, 0.5) is 4.39 Å². The van der Waals surface area contributed by atoms with Gasteiger partial charge in [-0.25, -0.2) is 4.39 Å². The monoisotopic (exact) mass is 343 g/mol. The van der Waals surface area contributed by atoms with E-state index in [1.807, 2.05) is 26.8 Å². The molecule has 0 N–H and O–H groups in total. The van der Waals surface area contributed by atoms with Gasteiger partial charge in [-0.05, 0) is 18.6 Å². The van der Waals surface area contributed by atoms with E-state index in [2.05, 4.69) is 4.98 Å². The average molecular weight is 343 g/mol. The van der Waals surface area contributed by atoms with Gasteiger partial charge in [0.2, 0.25) is 0 Å². The molecule has 0 unspecified atom stereocenters. The third-order valence-corrected chi connectivity index (χ3v) is 5.14. The van der Waals surface area contributed by atoms with Crippen LogP contribution in [0.2, 0.25) is 0 Å². The number of pyridine rings is 2. The average Bonchev–Trinajstić information content (AvgIpc) is 2.53. The Balaban J connectivity index is 2.20. The van der Waals surface area contributed by atoms with Crippen LogP contribution >= 0.6 is 11.8 Å². The van der Waals surface area contributed by atoms with Crippen LogP contribution in [0.1, 0.15) is 38.4 Å². The van der Waals surface area contributed by atoms with Crippen molar-refractivity contribution in [1.82, 2.24) is 9.55 Å². The maximum absolute atomic E-state index is 14.5. The zero-order chi connectivity index (χ0) is 17.5. The maximum atomic E-state index is 14.5. The highest BCUT2D eigenvalue weighted by atomic mass is 32.2. The fraction of sp³-hybridized carbons (Fsp3) is 0.389. The highest BCUT2D eigenvalue weighted by molar-refractivity contribution is 7.99. The summed E-state index contributed by atoms with van der Waals surface area (Å²) in [6, 6.07) is 5.16. The van der Waals surface area contributed by atoms with E-state index in [0.717, 1.165) is 17.2 Å². The molecule has 1 aliphatic heterocycles. The van der Waals surface area contributed by atoms with Crippen molar-refractivity contribution in [1.29, 1.82) is 5.26 Å². The van der Waals surface area contributed by atoms with E-state index in [9.17, 15) is 14.4 Å². The van der Waals surface area contributed by atoms with Crippen LogP contribution in [0.25, 0.3) is 11.1 Å². The van der Waals surface area contributed by atoms with E-state index in [1.165, 1.54) is 6.07 Å². The molecule has 0 spiro atoms. The van der Waals surface area contributed by atoms with Gasteiger partial charge in [-0.1, -0.05) is 20.8 Å². The molecule has 2 aromatic heterocycles. The lowest BCUT2D eigenvalue weighted by Gasteiger charge is -2.21. The first-order valence-electron chi connectivity index (χ1n) is 7.80. The molecule has 3 rings (SSSR count). The molecule has 0 bridgehead atoms. The van der Waals surface area contributed by atoms with Crippen LogP contribution in [0.3, 0.4) is 0 Å². The number of rotatable bonds is 1. The van der Waals surface area contributed by atoms with Crippen molar-refractivity contribution >= 4 is 11.8 Å². The van der Waals surface area contributed by atoms with Crippen molar-refractivity contribution in [3.05, 3.63) is 45.8 Å². The molecule has 24 heavy (non-hydrogen) atoms. The largest absolute Gasteiger partial charge is 0.302 e. The summed E-state index contributed by atoms with van der Waals surface area (Å²) in [6.07, 6.45) is 2.45. The van der Waals surface area contributed by atoms with E-state index >= 15 is 0 Å². The quantitative estimate of drug-likeness (QED) is 0.792. The lowest BCUT2D eigenvalue weighted by Crippen LogP contribution is -2.27. The number of halogens is 1. The SMILES string of the molecule is CC(C)(C)c1ncc(-c2cc3n(c(=O)c2C#N)CCCS3)cc1F. The molecule has 3 heterocycles. The van der Waals surface area contributed by atoms with E-state index in [0.29, 0.717) is 23.4 Å². The Bertz CT molecular complexity index is 906. The Kier molecular flexibility index (Phi) is 4.22. The van der Waals surface area contributed by atoms with Crippen LogP contribution in [-0.4, -0.2) is 15.3 Å². The summed E-state index contributed by atoms with van der Waals surface area (Å²) in [5, 5.41) is 10.3. The first kappa shape index (κ1) is 16.7. The van der Waals surface area contributed by atoms with Gasteiger partial charge in [0, 0.05) is 35.0 Å². The van der Waals surface area contributed by atoms with Crippen molar-refractivity contribution in [2.45, 2.75) is 44.2 Å². The second kappa shape index (κ2) is 6.06. The smallest absolute Gasteiger partial charge is 0.269 e. The molecular formula is C18H18FN3OS. The number of nitrogens with zero attached hydrogens (tertiary/aromatic N) is 3. The minimum absolute atomic E-state index is 0.0472. The van der Waals surface area contributed by atoms with Crippen molar-refractivity contribution < 1.29 is 4.39 Å². The van der Waals surface area contributed by atoms with Crippen LogP contribution < -0.4 is 5.56 Å². The third-order valence-electron chi connectivity index (χ3n) is 4.01. The van der Waals surface area contributed by atoms with Crippen molar-refractivity contribution in [3.63, 3.8) is 0 Å². The molecule has 0 aliphatic carbocycles. The Morgan fingerprint density at radius 1 is 1.38 bits per heavy atom. The Morgan fingerprint density at radius 3 is 2.75 bits per heavy atom. The predicted molar refractivity (Wildman–Crippen MR) is 92.6 cm³/mol. The van der Waals surface area contributed by atoms with Gasteiger partial charge < -0.3 is 4.57 Å². The summed E-state index contributed by atoms with van der Waals surface area (Å²) < 4.78 is 16.1. The zero-order valence-electron chi connectivity index (χ0n) is 13.9. The molecule has 6 heteroatoms. The van der Waals surface area contributed by atoms with Gasteiger partial charge in [0.15, 0.2) is 0 Å². The summed E-state index contributed by atoms with van der Waals surface area (Å²) in [7, 11) is 0. The maximum Gasteiger partial charge on any atom is 0.269 e. The van der Waals surface area contributed by atoms with Crippen LogP contribution in [0.5, 0.6) is 0 Å². The number of hydrogen-bond donors (Lipinski definition) is 0. The summed E-state index contributed by atoms with van der Waals surface area (Å²) in [5.41, 5.74) is 0.613. The van der Waals surface area contributed by atoms with Gasteiger partial charge in [-0.3, -0.25) is 9.78 Å². The van der Waals surface area contributed by atoms with Crippen molar-refractivity contribution in [2.75, 3.05) is 5.75 Å². The fourth-order valence-electron chi connectivity index (χ4n) is 2.83. The predicted octanol–water partition coefficient (Wildman–Crippen LogP) is 3.71. The summed E-state index contributed by atoms with van der Waals surface area (Å²) in [5.74, 6) is 0.509. The molecule has 0 saturated heterocycles. The number of thioether (sulfide) groups is 1. The highest BCUT2D eigenvalue weighted by Crippen LogP contribution is 2.31. The van der Waals surface area contributed by atoms with E-state index in [4.69, 9.17) is 0 Å². The van der Waals surface area contributed by atoms with Crippen LogP contribution in [-0.2, 0) is 12.0 Å². The molecule has 0 saturated carbocycles. The molecular weight excluding hydrogens is 325 g/mol. The molecule has 4 nitrogen and oxygen atoms in total. The summed E-state index contributed by atoms with van der Waals surface area (Å²) in [6.45, 7) is 6.29.